The summed E-state index contributed by atoms with van der Waals surface area (Å²) < 4.78 is 10.5. The average molecular weight is 330 g/mol. The summed E-state index contributed by atoms with van der Waals surface area (Å²) in [5, 5.41) is 5.56. The topological polar surface area (TPSA) is 90.1 Å². The normalized spacial score (nSPS) is 10.4. The molecule has 3 heterocycles. The van der Waals surface area contributed by atoms with E-state index in [0.29, 0.717) is 23.9 Å². The van der Waals surface area contributed by atoms with Crippen LogP contribution in [0.25, 0.3) is 10.8 Å². The predicted molar refractivity (Wildman–Crippen MR) is 84.8 cm³/mol. The molecule has 8 heteroatoms. The van der Waals surface area contributed by atoms with E-state index in [1.165, 1.54) is 11.3 Å². The molecule has 0 saturated heterocycles. The van der Waals surface area contributed by atoms with Crippen molar-refractivity contribution in [1.82, 2.24) is 15.0 Å². The number of rotatable bonds is 7. The Bertz CT molecular complexity index is 743. The molecule has 0 aliphatic carbocycles. The Morgan fingerprint density at radius 3 is 2.96 bits per heavy atom. The van der Waals surface area contributed by atoms with Crippen LogP contribution in [-0.4, -0.2) is 27.5 Å². The summed E-state index contributed by atoms with van der Waals surface area (Å²) in [6.45, 7) is 0.565. The largest absolute Gasteiger partial charge is 0.462 e. The number of furan rings is 1. The standard InChI is InChI=1S/C15H14N4O3S/c20-13(4-7-18-15-16-5-2-6-17-15)22-9-11-10-23-14(19-11)12-3-1-8-21-12/h1-3,5-6,8,10H,4,7,9H2,(H,16,17,18). The lowest BCUT2D eigenvalue weighted by Crippen LogP contribution is -2.12. The van der Waals surface area contributed by atoms with Gasteiger partial charge in [-0.3, -0.25) is 4.79 Å². The van der Waals surface area contributed by atoms with E-state index in [2.05, 4.69) is 20.3 Å². The van der Waals surface area contributed by atoms with Crippen molar-refractivity contribution in [2.75, 3.05) is 11.9 Å². The molecule has 0 fully saturated rings. The molecule has 7 nitrogen and oxygen atoms in total. The number of thiazole rings is 1. The van der Waals surface area contributed by atoms with Gasteiger partial charge in [0.05, 0.1) is 18.4 Å². The van der Waals surface area contributed by atoms with Gasteiger partial charge < -0.3 is 14.5 Å². The molecule has 0 unspecified atom stereocenters. The maximum atomic E-state index is 11.7. The minimum Gasteiger partial charge on any atom is -0.462 e. The molecule has 3 rings (SSSR count). The van der Waals surface area contributed by atoms with E-state index in [0.717, 1.165) is 5.01 Å². The van der Waals surface area contributed by atoms with Crippen molar-refractivity contribution >= 4 is 23.3 Å². The highest BCUT2D eigenvalue weighted by Gasteiger charge is 2.09. The fourth-order valence-electron chi connectivity index (χ4n) is 1.78. The van der Waals surface area contributed by atoms with Crippen LogP contribution >= 0.6 is 11.3 Å². The number of hydrogen-bond acceptors (Lipinski definition) is 8. The Kier molecular flexibility index (Phi) is 4.95. The van der Waals surface area contributed by atoms with E-state index >= 15 is 0 Å². The molecule has 0 aliphatic rings. The molecule has 118 valence electrons. The maximum Gasteiger partial charge on any atom is 0.307 e. The van der Waals surface area contributed by atoms with Crippen LogP contribution in [0.1, 0.15) is 12.1 Å². The van der Waals surface area contributed by atoms with Gasteiger partial charge in [0.15, 0.2) is 10.8 Å². The number of aromatic nitrogens is 3. The SMILES string of the molecule is O=C(CCNc1ncccn1)OCc1csc(-c2ccco2)n1. The summed E-state index contributed by atoms with van der Waals surface area (Å²) in [7, 11) is 0. The van der Waals surface area contributed by atoms with E-state index in [-0.39, 0.29) is 19.0 Å². The Morgan fingerprint density at radius 2 is 2.17 bits per heavy atom. The van der Waals surface area contributed by atoms with Gasteiger partial charge in [-0.2, -0.15) is 0 Å². The minimum atomic E-state index is -0.305. The van der Waals surface area contributed by atoms with Crippen molar-refractivity contribution in [2.24, 2.45) is 0 Å². The second kappa shape index (κ2) is 7.50. The molecule has 23 heavy (non-hydrogen) atoms. The van der Waals surface area contributed by atoms with Gasteiger partial charge in [-0.1, -0.05) is 0 Å². The first-order valence-electron chi connectivity index (χ1n) is 6.96. The van der Waals surface area contributed by atoms with Gasteiger partial charge in [0.1, 0.15) is 6.61 Å². The van der Waals surface area contributed by atoms with Crippen molar-refractivity contribution < 1.29 is 13.9 Å². The zero-order valence-corrected chi connectivity index (χ0v) is 13.0. The molecule has 0 aliphatic heterocycles. The Hall–Kier alpha value is -2.74. The number of nitrogens with one attached hydrogen (secondary N) is 1. The number of ether oxygens (including phenoxy) is 1. The van der Waals surface area contributed by atoms with Crippen molar-refractivity contribution in [3.05, 3.63) is 47.9 Å². The first-order chi connectivity index (χ1) is 11.3. The van der Waals surface area contributed by atoms with Crippen molar-refractivity contribution in [3.8, 4) is 10.8 Å². The van der Waals surface area contributed by atoms with Crippen LogP contribution < -0.4 is 5.32 Å². The summed E-state index contributed by atoms with van der Waals surface area (Å²) in [6.07, 6.45) is 5.09. The summed E-state index contributed by atoms with van der Waals surface area (Å²) in [4.78, 5) is 24.1. The number of esters is 1. The molecule has 0 saturated carbocycles. The third-order valence-electron chi connectivity index (χ3n) is 2.84. The molecular weight excluding hydrogens is 316 g/mol. The smallest absolute Gasteiger partial charge is 0.307 e. The van der Waals surface area contributed by atoms with Gasteiger partial charge in [0, 0.05) is 24.3 Å². The van der Waals surface area contributed by atoms with Crippen LogP contribution in [0.5, 0.6) is 0 Å². The maximum absolute atomic E-state index is 11.7. The van der Waals surface area contributed by atoms with Crippen molar-refractivity contribution in [2.45, 2.75) is 13.0 Å². The van der Waals surface area contributed by atoms with Crippen LogP contribution in [0.2, 0.25) is 0 Å². The lowest BCUT2D eigenvalue weighted by molar-refractivity contribution is -0.144. The lowest BCUT2D eigenvalue weighted by atomic mass is 10.4. The molecule has 0 radical (unpaired) electrons. The summed E-state index contributed by atoms with van der Waals surface area (Å²) in [5.41, 5.74) is 0.703. The Balaban J connectivity index is 1.41. The molecule has 3 aromatic rings. The molecule has 3 aromatic heterocycles. The number of hydrogen-bond donors (Lipinski definition) is 1. The first kappa shape index (κ1) is 15.2. The molecule has 0 atom stereocenters. The molecule has 0 aromatic carbocycles. The van der Waals surface area contributed by atoms with Crippen LogP contribution in [-0.2, 0) is 16.1 Å². The van der Waals surface area contributed by atoms with Gasteiger partial charge in [0.25, 0.3) is 0 Å². The number of carbonyl (C=O) groups excluding carboxylic acids is 1. The zero-order chi connectivity index (χ0) is 15.9. The molecule has 0 amide bonds. The van der Waals surface area contributed by atoms with Crippen LogP contribution in [0.3, 0.4) is 0 Å². The van der Waals surface area contributed by atoms with Gasteiger partial charge in [-0.15, -0.1) is 11.3 Å². The van der Waals surface area contributed by atoms with E-state index in [1.54, 1.807) is 30.8 Å². The quantitative estimate of drug-likeness (QED) is 0.666. The summed E-state index contributed by atoms with van der Waals surface area (Å²) in [5.74, 6) is 0.892. The van der Waals surface area contributed by atoms with Crippen molar-refractivity contribution in [3.63, 3.8) is 0 Å². The minimum absolute atomic E-state index is 0.151. The summed E-state index contributed by atoms with van der Waals surface area (Å²) in [6, 6.07) is 5.37. The number of carbonyl (C=O) groups is 1. The lowest BCUT2D eigenvalue weighted by Gasteiger charge is -2.04. The predicted octanol–water partition coefficient (Wildman–Crippen LogP) is 2.74. The first-order valence-corrected chi connectivity index (χ1v) is 7.84. The molecule has 0 spiro atoms. The van der Waals surface area contributed by atoms with E-state index < -0.39 is 0 Å². The van der Waals surface area contributed by atoms with Gasteiger partial charge in [0.2, 0.25) is 5.95 Å². The van der Waals surface area contributed by atoms with E-state index in [1.807, 2.05) is 11.4 Å². The molecular formula is C15H14N4O3S. The highest BCUT2D eigenvalue weighted by molar-refractivity contribution is 7.13. The third kappa shape index (κ3) is 4.36. The molecule has 0 bridgehead atoms. The monoisotopic (exact) mass is 330 g/mol. The van der Waals surface area contributed by atoms with Gasteiger partial charge >= 0.3 is 5.97 Å². The van der Waals surface area contributed by atoms with Crippen molar-refractivity contribution in [1.29, 1.82) is 0 Å². The van der Waals surface area contributed by atoms with Gasteiger partial charge in [-0.05, 0) is 18.2 Å². The zero-order valence-electron chi connectivity index (χ0n) is 12.1. The number of nitrogens with zero attached hydrogens (tertiary/aromatic N) is 3. The highest BCUT2D eigenvalue weighted by atomic mass is 32.1. The van der Waals surface area contributed by atoms with E-state index in [9.17, 15) is 4.79 Å². The van der Waals surface area contributed by atoms with Gasteiger partial charge in [-0.25, -0.2) is 15.0 Å². The summed E-state index contributed by atoms with van der Waals surface area (Å²) >= 11 is 1.45. The number of anilines is 1. The van der Waals surface area contributed by atoms with Crippen LogP contribution in [0.4, 0.5) is 5.95 Å². The fourth-order valence-corrected chi connectivity index (χ4v) is 2.55. The second-order valence-electron chi connectivity index (χ2n) is 4.53. The average Bonchev–Trinajstić information content (AvgIpc) is 3.25. The second-order valence-corrected chi connectivity index (χ2v) is 5.39. The molecule has 1 N–H and O–H groups in total. The fraction of sp³-hybridized carbons (Fsp3) is 0.200. The Labute approximate surface area is 136 Å². The van der Waals surface area contributed by atoms with Crippen LogP contribution in [0, 0.1) is 0 Å². The van der Waals surface area contributed by atoms with Crippen LogP contribution in [0.15, 0.2) is 46.7 Å². The van der Waals surface area contributed by atoms with E-state index in [4.69, 9.17) is 9.15 Å². The highest BCUT2D eigenvalue weighted by Crippen LogP contribution is 2.24. The Morgan fingerprint density at radius 1 is 1.30 bits per heavy atom. The third-order valence-corrected chi connectivity index (χ3v) is 3.75.